The van der Waals surface area contributed by atoms with Crippen molar-refractivity contribution in [3.8, 4) is 11.5 Å². The van der Waals surface area contributed by atoms with Crippen molar-refractivity contribution in [1.82, 2.24) is 0 Å². The van der Waals surface area contributed by atoms with Gasteiger partial charge in [-0.3, -0.25) is 0 Å². The molecule has 0 bridgehead atoms. The fourth-order valence-corrected chi connectivity index (χ4v) is 2.52. The lowest BCUT2D eigenvalue weighted by Crippen LogP contribution is -1.99. The predicted octanol–water partition coefficient (Wildman–Crippen LogP) is 3.12. The number of rotatable bonds is 0. The first-order valence-corrected chi connectivity index (χ1v) is 6.35. The largest absolute Gasteiger partial charge is 0.493 e. The van der Waals surface area contributed by atoms with Gasteiger partial charge in [0.25, 0.3) is 0 Å². The number of benzene rings is 1. The van der Waals surface area contributed by atoms with E-state index in [2.05, 4.69) is 12.1 Å². The molecule has 2 heterocycles. The number of hydrogen-bond acceptors (Lipinski definition) is 2. The molecule has 0 unspecified atom stereocenters. The Kier molecular flexibility index (Phi) is 2.73. The molecule has 2 heteroatoms. The van der Waals surface area contributed by atoms with Gasteiger partial charge in [0.05, 0.1) is 13.2 Å². The lowest BCUT2D eigenvalue weighted by molar-refractivity contribution is 0.302. The standard InChI is InChI=1S/C14H18O2/c1-3-7-15-13-10-14-12(9-11(13)5-1)6-2-4-8-16-14/h9-10H,1-8H2. The predicted molar refractivity (Wildman–Crippen MR) is 63.3 cm³/mol. The van der Waals surface area contributed by atoms with Gasteiger partial charge in [0.2, 0.25) is 0 Å². The summed E-state index contributed by atoms with van der Waals surface area (Å²) in [5.74, 6) is 2.11. The Hall–Kier alpha value is -1.18. The number of fused-ring (bicyclic) bond motifs is 2. The molecule has 1 aromatic carbocycles. The highest BCUT2D eigenvalue weighted by molar-refractivity contribution is 5.47. The van der Waals surface area contributed by atoms with Gasteiger partial charge in [-0.05, 0) is 55.7 Å². The minimum absolute atomic E-state index is 0.853. The Morgan fingerprint density at radius 1 is 0.688 bits per heavy atom. The zero-order chi connectivity index (χ0) is 10.8. The van der Waals surface area contributed by atoms with Crippen molar-refractivity contribution in [3.63, 3.8) is 0 Å². The highest BCUT2D eigenvalue weighted by Crippen LogP contribution is 2.34. The second kappa shape index (κ2) is 4.36. The monoisotopic (exact) mass is 218 g/mol. The van der Waals surface area contributed by atoms with E-state index in [4.69, 9.17) is 9.47 Å². The van der Waals surface area contributed by atoms with Crippen molar-refractivity contribution >= 4 is 0 Å². The van der Waals surface area contributed by atoms with Crippen molar-refractivity contribution in [1.29, 1.82) is 0 Å². The Bertz CT molecular complexity index is 316. The third-order valence-electron chi connectivity index (χ3n) is 3.44. The van der Waals surface area contributed by atoms with Crippen LogP contribution in [0.2, 0.25) is 0 Å². The van der Waals surface area contributed by atoms with E-state index in [9.17, 15) is 0 Å². The van der Waals surface area contributed by atoms with E-state index in [1.165, 1.54) is 36.8 Å². The van der Waals surface area contributed by atoms with Crippen LogP contribution in [0.15, 0.2) is 12.1 Å². The van der Waals surface area contributed by atoms with Crippen molar-refractivity contribution in [2.75, 3.05) is 13.2 Å². The molecule has 0 saturated heterocycles. The van der Waals surface area contributed by atoms with Crippen LogP contribution in [0.4, 0.5) is 0 Å². The average Bonchev–Trinajstić information content (AvgIpc) is 2.64. The normalized spacial score (nSPS) is 19.5. The van der Waals surface area contributed by atoms with Gasteiger partial charge in [-0.2, -0.15) is 0 Å². The van der Waals surface area contributed by atoms with Gasteiger partial charge in [0.1, 0.15) is 11.5 Å². The third-order valence-corrected chi connectivity index (χ3v) is 3.44. The topological polar surface area (TPSA) is 18.5 Å². The summed E-state index contributed by atoms with van der Waals surface area (Å²) in [5.41, 5.74) is 2.75. The van der Waals surface area contributed by atoms with E-state index in [0.29, 0.717) is 0 Å². The van der Waals surface area contributed by atoms with E-state index in [0.717, 1.165) is 37.6 Å². The van der Waals surface area contributed by atoms with Crippen LogP contribution in [-0.4, -0.2) is 13.2 Å². The molecule has 2 aliphatic rings. The molecule has 2 aliphatic heterocycles. The fourth-order valence-electron chi connectivity index (χ4n) is 2.52. The summed E-state index contributed by atoms with van der Waals surface area (Å²) >= 11 is 0. The Morgan fingerprint density at radius 3 is 1.81 bits per heavy atom. The summed E-state index contributed by atoms with van der Waals surface area (Å²) in [6, 6.07) is 4.42. The molecule has 0 N–H and O–H groups in total. The van der Waals surface area contributed by atoms with Gasteiger partial charge in [-0.15, -0.1) is 0 Å². The molecule has 0 atom stereocenters. The molecule has 86 valence electrons. The summed E-state index contributed by atoms with van der Waals surface area (Å²) in [5, 5.41) is 0. The Balaban J connectivity index is 2.00. The molecule has 16 heavy (non-hydrogen) atoms. The Morgan fingerprint density at radius 2 is 1.25 bits per heavy atom. The van der Waals surface area contributed by atoms with E-state index in [1.807, 2.05) is 0 Å². The maximum absolute atomic E-state index is 5.78. The smallest absolute Gasteiger partial charge is 0.126 e. The van der Waals surface area contributed by atoms with Gasteiger partial charge >= 0.3 is 0 Å². The molecule has 0 amide bonds. The average molecular weight is 218 g/mol. The number of hydrogen-bond donors (Lipinski definition) is 0. The zero-order valence-electron chi connectivity index (χ0n) is 9.63. The van der Waals surface area contributed by atoms with Crippen molar-refractivity contribution < 1.29 is 9.47 Å². The van der Waals surface area contributed by atoms with Crippen LogP contribution in [0.5, 0.6) is 11.5 Å². The second-order valence-corrected chi connectivity index (χ2v) is 4.68. The summed E-state index contributed by atoms with van der Waals surface area (Å²) in [6.07, 6.45) is 7.13. The van der Waals surface area contributed by atoms with Crippen molar-refractivity contribution in [2.24, 2.45) is 0 Å². The first-order chi connectivity index (χ1) is 7.93. The molecule has 0 spiro atoms. The second-order valence-electron chi connectivity index (χ2n) is 4.68. The quantitative estimate of drug-likeness (QED) is 0.666. The maximum atomic E-state index is 5.78. The summed E-state index contributed by atoms with van der Waals surface area (Å²) in [6.45, 7) is 1.71. The highest BCUT2D eigenvalue weighted by Gasteiger charge is 2.15. The van der Waals surface area contributed by atoms with Gasteiger partial charge in [0, 0.05) is 6.07 Å². The molecule has 0 fully saturated rings. The van der Waals surface area contributed by atoms with Crippen LogP contribution in [0.25, 0.3) is 0 Å². The van der Waals surface area contributed by atoms with Crippen LogP contribution in [0.3, 0.4) is 0 Å². The molecule has 0 radical (unpaired) electrons. The minimum atomic E-state index is 0.853. The van der Waals surface area contributed by atoms with Crippen LogP contribution >= 0.6 is 0 Å². The molecular weight excluding hydrogens is 200 g/mol. The summed E-state index contributed by atoms with van der Waals surface area (Å²) in [4.78, 5) is 0. The third kappa shape index (κ3) is 1.89. The SMILES string of the molecule is c1c2c(cc3c1CCCCO3)OCCCC2. The molecule has 0 aromatic heterocycles. The zero-order valence-corrected chi connectivity index (χ0v) is 9.63. The van der Waals surface area contributed by atoms with Crippen LogP contribution in [0.1, 0.15) is 36.8 Å². The Labute approximate surface area is 96.6 Å². The van der Waals surface area contributed by atoms with E-state index < -0.39 is 0 Å². The minimum Gasteiger partial charge on any atom is -0.493 e. The first kappa shape index (κ1) is 10.0. The maximum Gasteiger partial charge on any atom is 0.126 e. The lowest BCUT2D eigenvalue weighted by Gasteiger charge is -2.13. The molecule has 3 rings (SSSR count). The van der Waals surface area contributed by atoms with E-state index >= 15 is 0 Å². The number of ether oxygens (including phenoxy) is 2. The molecule has 0 aliphatic carbocycles. The lowest BCUT2D eigenvalue weighted by atomic mass is 10.0. The molecular formula is C14H18O2. The highest BCUT2D eigenvalue weighted by atomic mass is 16.5. The number of aryl methyl sites for hydroxylation is 2. The van der Waals surface area contributed by atoms with Gasteiger partial charge < -0.3 is 9.47 Å². The van der Waals surface area contributed by atoms with Gasteiger partial charge in [-0.25, -0.2) is 0 Å². The summed E-state index contributed by atoms with van der Waals surface area (Å²) < 4.78 is 11.6. The van der Waals surface area contributed by atoms with Crippen molar-refractivity contribution in [3.05, 3.63) is 23.3 Å². The first-order valence-electron chi connectivity index (χ1n) is 6.35. The fraction of sp³-hybridized carbons (Fsp3) is 0.571. The summed E-state index contributed by atoms with van der Waals surface area (Å²) in [7, 11) is 0. The molecule has 2 nitrogen and oxygen atoms in total. The van der Waals surface area contributed by atoms with Gasteiger partial charge in [0.15, 0.2) is 0 Å². The van der Waals surface area contributed by atoms with E-state index in [-0.39, 0.29) is 0 Å². The van der Waals surface area contributed by atoms with Crippen LogP contribution in [-0.2, 0) is 12.8 Å². The van der Waals surface area contributed by atoms with Crippen LogP contribution in [0, 0.1) is 0 Å². The van der Waals surface area contributed by atoms with Gasteiger partial charge in [-0.1, -0.05) is 0 Å². The van der Waals surface area contributed by atoms with E-state index in [1.54, 1.807) is 0 Å². The molecule has 1 aromatic rings. The van der Waals surface area contributed by atoms with Crippen LogP contribution < -0.4 is 9.47 Å². The molecule has 0 saturated carbocycles. The van der Waals surface area contributed by atoms with Crippen molar-refractivity contribution in [2.45, 2.75) is 38.5 Å².